The van der Waals surface area contributed by atoms with Crippen LogP contribution in [-0.4, -0.2) is 67.5 Å². The molecule has 2 heterocycles. The van der Waals surface area contributed by atoms with Crippen molar-refractivity contribution in [3.8, 4) is 0 Å². The Hall–Kier alpha value is -0.210. The summed E-state index contributed by atoms with van der Waals surface area (Å²) in [4.78, 5) is 0. The molecule has 2 aliphatic rings. The summed E-state index contributed by atoms with van der Waals surface area (Å²) in [6, 6.07) is 0.240. The van der Waals surface area contributed by atoms with Crippen molar-refractivity contribution in [2.45, 2.75) is 64.8 Å². The molecular weight excluding hydrogens is 290 g/mol. The highest BCUT2D eigenvalue weighted by atomic mass is 32.2. The molecule has 2 fully saturated rings. The number of nitrogens with zero attached hydrogens (tertiary/aromatic N) is 2. The molecule has 3 unspecified atom stereocenters. The Bertz CT molecular complexity index is 425. The summed E-state index contributed by atoms with van der Waals surface area (Å²) in [7, 11) is -3.43. The monoisotopic (exact) mass is 319 g/mol. The number of hydrogen-bond donors (Lipinski definition) is 1. The molecule has 21 heavy (non-hydrogen) atoms. The van der Waals surface area contributed by atoms with E-state index in [9.17, 15) is 8.42 Å². The SMILES string of the molecule is CC1CN(S(=O)(=O)N(CC2CCCN2)C(C)C)CC(C)O1. The lowest BCUT2D eigenvalue weighted by Crippen LogP contribution is -2.56. The minimum Gasteiger partial charge on any atom is -0.373 e. The van der Waals surface area contributed by atoms with E-state index in [0.29, 0.717) is 19.6 Å². The van der Waals surface area contributed by atoms with E-state index >= 15 is 0 Å². The van der Waals surface area contributed by atoms with Crippen LogP contribution in [0.25, 0.3) is 0 Å². The van der Waals surface area contributed by atoms with Crippen molar-refractivity contribution in [1.29, 1.82) is 0 Å². The van der Waals surface area contributed by atoms with E-state index in [-0.39, 0.29) is 24.3 Å². The van der Waals surface area contributed by atoms with Crippen LogP contribution in [0.15, 0.2) is 0 Å². The second kappa shape index (κ2) is 6.91. The van der Waals surface area contributed by atoms with Crippen LogP contribution < -0.4 is 5.32 Å². The highest BCUT2D eigenvalue weighted by Crippen LogP contribution is 2.20. The molecule has 0 aromatic carbocycles. The van der Waals surface area contributed by atoms with Crippen molar-refractivity contribution in [3.63, 3.8) is 0 Å². The van der Waals surface area contributed by atoms with Gasteiger partial charge in [0.15, 0.2) is 0 Å². The van der Waals surface area contributed by atoms with E-state index in [2.05, 4.69) is 5.32 Å². The highest BCUT2D eigenvalue weighted by Gasteiger charge is 2.37. The lowest BCUT2D eigenvalue weighted by atomic mass is 10.2. The quantitative estimate of drug-likeness (QED) is 0.814. The van der Waals surface area contributed by atoms with Gasteiger partial charge in [-0.2, -0.15) is 17.0 Å². The number of ether oxygens (including phenoxy) is 1. The maximum atomic E-state index is 13.0. The zero-order valence-corrected chi connectivity index (χ0v) is 14.4. The number of nitrogens with one attached hydrogen (secondary N) is 1. The molecule has 0 bridgehead atoms. The predicted octanol–water partition coefficient (Wildman–Crippen LogP) is 0.803. The first-order valence-corrected chi connectivity index (χ1v) is 9.36. The first-order chi connectivity index (χ1) is 9.80. The van der Waals surface area contributed by atoms with Gasteiger partial charge in [0.05, 0.1) is 12.2 Å². The third-order valence-corrected chi connectivity index (χ3v) is 6.26. The van der Waals surface area contributed by atoms with Crippen molar-refractivity contribution in [1.82, 2.24) is 13.9 Å². The summed E-state index contributed by atoms with van der Waals surface area (Å²) in [5.41, 5.74) is 0. The molecule has 0 aliphatic carbocycles. The van der Waals surface area contributed by atoms with Gasteiger partial charge in [-0.15, -0.1) is 0 Å². The van der Waals surface area contributed by atoms with Gasteiger partial charge in [0, 0.05) is 31.7 Å². The summed E-state index contributed by atoms with van der Waals surface area (Å²) in [6.07, 6.45) is 2.07. The number of morpholine rings is 1. The minimum absolute atomic E-state index is 0.0362. The van der Waals surface area contributed by atoms with Crippen LogP contribution in [0.5, 0.6) is 0 Å². The highest BCUT2D eigenvalue weighted by molar-refractivity contribution is 7.86. The third-order valence-electron chi connectivity index (χ3n) is 4.15. The van der Waals surface area contributed by atoms with Crippen molar-refractivity contribution >= 4 is 10.2 Å². The molecule has 2 aliphatic heterocycles. The fourth-order valence-electron chi connectivity index (χ4n) is 3.17. The lowest BCUT2D eigenvalue weighted by molar-refractivity contribution is -0.0457. The second-order valence-corrected chi connectivity index (χ2v) is 8.42. The predicted molar refractivity (Wildman–Crippen MR) is 83.4 cm³/mol. The molecule has 2 rings (SSSR count). The number of rotatable bonds is 5. The fourth-order valence-corrected chi connectivity index (χ4v) is 5.16. The smallest absolute Gasteiger partial charge is 0.282 e. The van der Waals surface area contributed by atoms with Crippen LogP contribution >= 0.6 is 0 Å². The van der Waals surface area contributed by atoms with Gasteiger partial charge < -0.3 is 10.1 Å². The zero-order chi connectivity index (χ0) is 15.6. The van der Waals surface area contributed by atoms with Gasteiger partial charge in [-0.05, 0) is 47.1 Å². The fraction of sp³-hybridized carbons (Fsp3) is 1.00. The van der Waals surface area contributed by atoms with Gasteiger partial charge in [-0.3, -0.25) is 0 Å². The Morgan fingerprint density at radius 3 is 2.38 bits per heavy atom. The maximum Gasteiger partial charge on any atom is 0.282 e. The molecule has 6 nitrogen and oxygen atoms in total. The van der Waals surface area contributed by atoms with Gasteiger partial charge in [-0.25, -0.2) is 0 Å². The molecule has 0 saturated carbocycles. The van der Waals surface area contributed by atoms with Gasteiger partial charge >= 0.3 is 0 Å². The molecule has 0 radical (unpaired) electrons. The molecule has 0 aromatic heterocycles. The van der Waals surface area contributed by atoms with E-state index in [1.807, 2.05) is 27.7 Å². The number of hydrogen-bond acceptors (Lipinski definition) is 4. The molecule has 0 amide bonds. The van der Waals surface area contributed by atoms with Crippen molar-refractivity contribution in [2.75, 3.05) is 26.2 Å². The van der Waals surface area contributed by atoms with Crippen LogP contribution in [0.2, 0.25) is 0 Å². The van der Waals surface area contributed by atoms with E-state index in [4.69, 9.17) is 4.74 Å². The summed E-state index contributed by atoms with van der Waals surface area (Å²) in [5.74, 6) is 0. The van der Waals surface area contributed by atoms with E-state index in [1.54, 1.807) is 8.61 Å². The molecule has 2 saturated heterocycles. The van der Waals surface area contributed by atoms with Crippen molar-refractivity contribution < 1.29 is 13.2 Å². The van der Waals surface area contributed by atoms with Crippen molar-refractivity contribution in [3.05, 3.63) is 0 Å². The first kappa shape index (κ1) is 17.1. The Balaban J connectivity index is 2.12. The first-order valence-electron chi connectivity index (χ1n) is 7.96. The minimum atomic E-state index is -3.43. The average molecular weight is 319 g/mol. The molecule has 0 aromatic rings. The molecular formula is C14H29N3O3S. The molecule has 124 valence electrons. The molecule has 3 atom stereocenters. The largest absolute Gasteiger partial charge is 0.373 e. The summed E-state index contributed by atoms with van der Waals surface area (Å²) >= 11 is 0. The van der Waals surface area contributed by atoms with Crippen molar-refractivity contribution in [2.24, 2.45) is 0 Å². The maximum absolute atomic E-state index is 13.0. The van der Waals surface area contributed by atoms with Gasteiger partial charge in [0.1, 0.15) is 0 Å². The summed E-state index contributed by atoms with van der Waals surface area (Å²) in [5, 5.41) is 3.39. The van der Waals surface area contributed by atoms with Crippen LogP contribution in [0.3, 0.4) is 0 Å². The Kier molecular flexibility index (Phi) is 5.65. The van der Waals surface area contributed by atoms with Gasteiger partial charge in [-0.1, -0.05) is 0 Å². The van der Waals surface area contributed by atoms with E-state index in [1.165, 1.54) is 0 Å². The normalized spacial score (nSPS) is 32.2. The molecule has 7 heteroatoms. The van der Waals surface area contributed by atoms with Crippen LogP contribution in [0, 0.1) is 0 Å². The Morgan fingerprint density at radius 2 is 1.90 bits per heavy atom. The van der Waals surface area contributed by atoms with E-state index in [0.717, 1.165) is 19.4 Å². The van der Waals surface area contributed by atoms with E-state index < -0.39 is 10.2 Å². The zero-order valence-electron chi connectivity index (χ0n) is 13.6. The van der Waals surface area contributed by atoms with Crippen LogP contribution in [0.4, 0.5) is 0 Å². The average Bonchev–Trinajstić information content (AvgIpc) is 2.87. The van der Waals surface area contributed by atoms with Crippen LogP contribution in [-0.2, 0) is 14.9 Å². The topological polar surface area (TPSA) is 61.9 Å². The standard InChI is InChI=1S/C14H29N3O3S/c1-11(2)17(10-14-6-5-7-15-14)21(18,19)16-8-12(3)20-13(4)9-16/h11-15H,5-10H2,1-4H3. The third kappa shape index (κ3) is 4.16. The Labute approximate surface area is 129 Å². The molecule has 1 N–H and O–H groups in total. The summed E-state index contributed by atoms with van der Waals surface area (Å²) < 4.78 is 34.8. The Morgan fingerprint density at radius 1 is 1.29 bits per heavy atom. The van der Waals surface area contributed by atoms with Gasteiger partial charge in [0.2, 0.25) is 0 Å². The second-order valence-electron chi connectivity index (χ2n) is 6.54. The molecule has 0 spiro atoms. The lowest BCUT2D eigenvalue weighted by Gasteiger charge is -2.39. The summed E-state index contributed by atoms with van der Waals surface area (Å²) in [6.45, 7) is 10.2. The van der Waals surface area contributed by atoms with Gasteiger partial charge in [0.25, 0.3) is 10.2 Å². The van der Waals surface area contributed by atoms with Crippen LogP contribution in [0.1, 0.15) is 40.5 Å².